The molecule has 6 nitrogen and oxygen atoms in total. The van der Waals surface area contributed by atoms with Gasteiger partial charge in [0.1, 0.15) is 0 Å². The number of benzene rings is 3. The van der Waals surface area contributed by atoms with Crippen molar-refractivity contribution in [3.63, 3.8) is 0 Å². The van der Waals surface area contributed by atoms with Gasteiger partial charge >= 0.3 is 0 Å². The first-order chi connectivity index (χ1) is 21.9. The van der Waals surface area contributed by atoms with Crippen molar-refractivity contribution in [2.75, 3.05) is 7.05 Å². The summed E-state index contributed by atoms with van der Waals surface area (Å²) in [4.78, 5) is 21.0. The Bertz CT molecular complexity index is 1950. The van der Waals surface area contributed by atoms with Crippen LogP contribution in [-0.2, 0) is 44.4 Å². The molecule has 253 valence electrons. The van der Waals surface area contributed by atoms with Crippen LogP contribution in [0, 0.1) is 17.9 Å². The molecule has 2 aromatic heterocycles. The molecule has 0 amide bonds. The first-order valence-corrected chi connectivity index (χ1v) is 16.7. The average Bonchev–Trinajstić information content (AvgIpc) is 3.27. The van der Waals surface area contributed by atoms with Crippen LogP contribution >= 0.6 is 0 Å². The van der Waals surface area contributed by atoms with Gasteiger partial charge in [-0.25, -0.2) is 0 Å². The number of nitrogens with zero attached hydrogens (tertiary/aromatic N) is 4. The molecule has 0 bridgehead atoms. The number of imidazole rings is 1. The number of fused-ring (bicyclic) bond motifs is 3. The van der Waals surface area contributed by atoms with E-state index in [1.165, 1.54) is 22.4 Å². The fourth-order valence-electron chi connectivity index (χ4n) is 6.45. The Balaban J connectivity index is 0.000000322. The first-order valence-electron chi connectivity index (χ1n) is 16.7. The van der Waals surface area contributed by atoms with Crippen molar-refractivity contribution < 1.29 is 30.0 Å². The van der Waals surface area contributed by atoms with Crippen LogP contribution in [0.25, 0.3) is 43.8 Å². The van der Waals surface area contributed by atoms with Crippen LogP contribution in [-0.4, -0.2) is 32.1 Å². The number of allylic oxidation sites excluding steroid dienone is 2. The summed E-state index contributed by atoms with van der Waals surface area (Å²) in [5.74, 6) is 0.547. The van der Waals surface area contributed by atoms with Gasteiger partial charge in [-0.1, -0.05) is 77.6 Å². The monoisotopic (exact) mass is 812 g/mol. The fraction of sp³-hybridized carbons (Fsp3) is 0.425. The predicted octanol–water partition coefficient (Wildman–Crippen LogP) is 9.38. The van der Waals surface area contributed by atoms with Crippen LogP contribution in [0.3, 0.4) is 0 Å². The van der Waals surface area contributed by atoms with Crippen LogP contribution < -0.4 is 5.62 Å². The molecule has 0 aliphatic carbocycles. The van der Waals surface area contributed by atoms with Crippen molar-refractivity contribution >= 4 is 38.4 Å². The van der Waals surface area contributed by atoms with Crippen molar-refractivity contribution in [1.29, 1.82) is 0 Å². The summed E-state index contributed by atoms with van der Waals surface area (Å²) in [6.45, 7) is 14.9. The predicted molar refractivity (Wildman–Crippen MR) is 193 cm³/mol. The van der Waals surface area contributed by atoms with Crippen molar-refractivity contribution in [3.8, 4) is 11.3 Å². The molecule has 7 heteroatoms. The van der Waals surface area contributed by atoms with E-state index >= 15 is 0 Å². The molecule has 5 aromatic rings. The van der Waals surface area contributed by atoms with Crippen molar-refractivity contribution in [3.05, 3.63) is 83.8 Å². The zero-order valence-electron chi connectivity index (χ0n) is 29.7. The van der Waals surface area contributed by atoms with Crippen LogP contribution in [0.4, 0.5) is 0 Å². The molecule has 0 aliphatic rings. The Labute approximate surface area is 294 Å². The molecule has 0 saturated carbocycles. The van der Waals surface area contributed by atoms with Crippen molar-refractivity contribution in [1.82, 2.24) is 14.1 Å². The standard InChI is InChI=1S/C27H27N4.C13H24O2.Ir/c1-27(2,3)22-14-19(13-17-9-7-8-10-20(17)22)25-21-16-24-23(15-18(21)11-12-29-25)30(5)26(28-4)31(24)6;1-5-10(6-2)12(14)9-13(15)11(7-3)8-4;/h7-12,14-16H,1-6H3;9-11,14H,5-8H2,1-4H3;/q-1;;/b;12-9-;. The SMILES string of the molecule is CCC(CC)C(=O)/C=C(\O)C(CC)CC.CN=c1n(C)c2cc3ccnc(-c4[c-]c5ccccc5c(C(C)(C)C)c4)c3cc2n1C.[Ir]. The van der Waals surface area contributed by atoms with Gasteiger partial charge in [0.15, 0.2) is 5.78 Å². The number of aliphatic hydroxyl groups is 1. The second kappa shape index (κ2) is 16.0. The second-order valence-electron chi connectivity index (χ2n) is 13.3. The molecule has 1 N–H and O–H groups in total. The van der Waals surface area contributed by atoms with Crippen LogP contribution in [0.1, 0.15) is 79.7 Å². The van der Waals surface area contributed by atoms with Crippen LogP contribution in [0.5, 0.6) is 0 Å². The molecule has 5 rings (SSSR count). The van der Waals surface area contributed by atoms with E-state index in [4.69, 9.17) is 4.98 Å². The van der Waals surface area contributed by atoms with Gasteiger partial charge in [0.2, 0.25) is 5.62 Å². The second-order valence-corrected chi connectivity index (χ2v) is 13.3. The van der Waals surface area contributed by atoms with E-state index in [2.05, 4.69) is 104 Å². The van der Waals surface area contributed by atoms with Crippen LogP contribution in [0.2, 0.25) is 0 Å². The quantitative estimate of drug-likeness (QED) is 0.0965. The molecular weight excluding hydrogens is 761 g/mol. The number of hydrogen-bond acceptors (Lipinski definition) is 4. The summed E-state index contributed by atoms with van der Waals surface area (Å²) >= 11 is 0. The minimum Gasteiger partial charge on any atom is -0.512 e. The van der Waals surface area contributed by atoms with Gasteiger partial charge in [-0.15, -0.1) is 29.1 Å². The molecule has 1 radical (unpaired) electrons. The fourth-order valence-corrected chi connectivity index (χ4v) is 6.45. The normalized spacial score (nSPS) is 12.6. The van der Waals surface area contributed by atoms with Crippen molar-refractivity contribution in [2.45, 2.75) is 79.6 Å². The van der Waals surface area contributed by atoms with E-state index in [9.17, 15) is 9.90 Å². The van der Waals surface area contributed by atoms with E-state index in [1.807, 2.05) is 40.9 Å². The average molecular weight is 812 g/mol. The summed E-state index contributed by atoms with van der Waals surface area (Å²) < 4.78 is 4.27. The zero-order chi connectivity index (χ0) is 33.8. The Hall–Kier alpha value is -3.54. The number of hydrogen-bond donors (Lipinski definition) is 1. The summed E-state index contributed by atoms with van der Waals surface area (Å²) in [6.07, 6.45) is 6.81. The minimum absolute atomic E-state index is 0. The maximum atomic E-state index is 11.7. The number of aryl methyl sites for hydroxylation is 2. The summed E-state index contributed by atoms with van der Waals surface area (Å²) in [5, 5.41) is 14.4. The van der Waals surface area contributed by atoms with Crippen molar-refractivity contribution in [2.24, 2.45) is 30.9 Å². The smallest absolute Gasteiger partial charge is 0.205 e. The third-order valence-electron chi connectivity index (χ3n) is 9.30. The van der Waals surface area contributed by atoms with E-state index < -0.39 is 0 Å². The Morgan fingerprint density at radius 3 is 2.09 bits per heavy atom. The van der Waals surface area contributed by atoms with Gasteiger partial charge in [0, 0.05) is 71.1 Å². The molecule has 0 atom stereocenters. The van der Waals surface area contributed by atoms with Gasteiger partial charge in [-0.2, -0.15) is 0 Å². The molecule has 3 aromatic carbocycles. The topological polar surface area (TPSA) is 72.4 Å². The Morgan fingerprint density at radius 1 is 0.915 bits per heavy atom. The van der Waals surface area contributed by atoms with E-state index in [1.54, 1.807) is 0 Å². The van der Waals surface area contributed by atoms with Gasteiger partial charge < -0.3 is 14.2 Å². The number of carbonyl (C=O) groups excluding carboxylic acids is 1. The maximum Gasteiger partial charge on any atom is 0.205 e. The zero-order valence-corrected chi connectivity index (χ0v) is 32.1. The van der Waals surface area contributed by atoms with Gasteiger partial charge in [0.25, 0.3) is 0 Å². The molecule has 47 heavy (non-hydrogen) atoms. The third kappa shape index (κ3) is 7.96. The number of aromatic nitrogens is 3. The number of ketones is 1. The Kier molecular flexibility index (Phi) is 12.9. The molecule has 0 fully saturated rings. The summed E-state index contributed by atoms with van der Waals surface area (Å²) in [7, 11) is 5.96. The molecule has 0 spiro atoms. The summed E-state index contributed by atoms with van der Waals surface area (Å²) in [5.41, 5.74) is 6.57. The van der Waals surface area contributed by atoms with Crippen LogP contribution in [0.15, 0.2) is 71.6 Å². The summed E-state index contributed by atoms with van der Waals surface area (Å²) in [6, 6.07) is 21.0. The van der Waals surface area contributed by atoms with Gasteiger partial charge in [-0.05, 0) is 60.1 Å². The van der Waals surface area contributed by atoms with E-state index in [-0.39, 0.29) is 48.9 Å². The number of pyridine rings is 1. The van der Waals surface area contributed by atoms with Gasteiger partial charge in [0.05, 0.1) is 16.8 Å². The minimum atomic E-state index is 0. The number of carbonyl (C=O) groups is 1. The Morgan fingerprint density at radius 2 is 1.51 bits per heavy atom. The third-order valence-corrected chi connectivity index (χ3v) is 9.30. The first kappa shape index (κ1) is 37.9. The molecule has 0 unspecified atom stereocenters. The number of aliphatic hydroxyl groups excluding tert-OH is 1. The molecule has 2 heterocycles. The van der Waals surface area contributed by atoms with E-state index in [0.717, 1.165) is 64.4 Å². The maximum absolute atomic E-state index is 11.7. The van der Waals surface area contributed by atoms with E-state index in [0.29, 0.717) is 0 Å². The van der Waals surface area contributed by atoms with Gasteiger partial charge in [-0.3, -0.25) is 14.8 Å². The molecule has 0 saturated heterocycles. The molecular formula is C40H51IrN4O2-. The number of rotatable bonds is 8. The molecule has 0 aliphatic heterocycles. The largest absolute Gasteiger partial charge is 0.512 e.